The molecule has 0 unspecified atom stereocenters. The topological polar surface area (TPSA) is 75.3 Å². The van der Waals surface area contributed by atoms with E-state index in [-0.39, 0.29) is 10.8 Å². The molecular formula is C16H20N2O3S2. The lowest BCUT2D eigenvalue weighted by molar-refractivity contribution is -0.115. The molecule has 0 bridgehead atoms. The van der Waals surface area contributed by atoms with Gasteiger partial charge >= 0.3 is 0 Å². The van der Waals surface area contributed by atoms with Gasteiger partial charge in [-0.2, -0.15) is 11.3 Å². The lowest BCUT2D eigenvalue weighted by atomic mass is 10.2. The number of rotatable bonds is 7. The zero-order valence-electron chi connectivity index (χ0n) is 13.1. The molecule has 0 fully saturated rings. The van der Waals surface area contributed by atoms with Crippen LogP contribution in [0.15, 0.2) is 39.9 Å². The smallest absolute Gasteiger partial charge is 0.240 e. The number of anilines is 1. The summed E-state index contributed by atoms with van der Waals surface area (Å²) >= 11 is 1.59. The van der Waals surface area contributed by atoms with E-state index in [1.165, 1.54) is 6.07 Å². The van der Waals surface area contributed by atoms with Crippen LogP contribution in [0.25, 0.3) is 0 Å². The van der Waals surface area contributed by atoms with Crippen LogP contribution in [0.2, 0.25) is 0 Å². The molecule has 0 aliphatic carbocycles. The number of carbonyl (C=O) groups excluding carboxylic acids is 1. The van der Waals surface area contributed by atoms with E-state index in [2.05, 4.69) is 10.0 Å². The van der Waals surface area contributed by atoms with Gasteiger partial charge in [0.25, 0.3) is 0 Å². The van der Waals surface area contributed by atoms with Crippen LogP contribution in [0.4, 0.5) is 5.69 Å². The maximum absolute atomic E-state index is 12.4. The van der Waals surface area contributed by atoms with Crippen molar-refractivity contribution >= 4 is 33.0 Å². The van der Waals surface area contributed by atoms with Crippen LogP contribution < -0.4 is 10.0 Å². The van der Waals surface area contributed by atoms with Crippen molar-refractivity contribution in [3.63, 3.8) is 0 Å². The third-order valence-corrected chi connectivity index (χ3v) is 5.71. The average molecular weight is 352 g/mol. The number of aryl methyl sites for hydroxylation is 1. The molecule has 0 aliphatic heterocycles. The van der Waals surface area contributed by atoms with Crippen molar-refractivity contribution in [1.29, 1.82) is 0 Å². The van der Waals surface area contributed by atoms with Gasteiger partial charge < -0.3 is 5.32 Å². The largest absolute Gasteiger partial charge is 0.326 e. The summed E-state index contributed by atoms with van der Waals surface area (Å²) in [6.07, 6.45) is 1.04. The van der Waals surface area contributed by atoms with Gasteiger partial charge in [-0.25, -0.2) is 13.1 Å². The van der Waals surface area contributed by atoms with Crippen molar-refractivity contribution in [2.24, 2.45) is 0 Å². The third-order valence-electron chi connectivity index (χ3n) is 3.36. The predicted octanol–water partition coefficient (Wildman–Crippen LogP) is 2.93. The van der Waals surface area contributed by atoms with E-state index in [0.29, 0.717) is 30.6 Å². The number of benzene rings is 1. The lowest BCUT2D eigenvalue weighted by Gasteiger charge is -2.11. The Balaban J connectivity index is 2.05. The fourth-order valence-electron chi connectivity index (χ4n) is 2.12. The fraction of sp³-hybridized carbons (Fsp3) is 0.312. The summed E-state index contributed by atoms with van der Waals surface area (Å²) in [5.41, 5.74) is 2.32. The van der Waals surface area contributed by atoms with Gasteiger partial charge in [0.1, 0.15) is 0 Å². The first-order valence-electron chi connectivity index (χ1n) is 7.33. The number of amides is 1. The molecule has 2 N–H and O–H groups in total. The Morgan fingerprint density at radius 2 is 2.04 bits per heavy atom. The molecule has 1 aromatic carbocycles. The predicted molar refractivity (Wildman–Crippen MR) is 93.3 cm³/mol. The second-order valence-electron chi connectivity index (χ2n) is 5.16. The van der Waals surface area contributed by atoms with Crippen molar-refractivity contribution in [3.8, 4) is 0 Å². The van der Waals surface area contributed by atoms with Crippen LogP contribution in [-0.2, 0) is 21.2 Å². The Kier molecular flexibility index (Phi) is 5.92. The quantitative estimate of drug-likeness (QED) is 0.804. The summed E-state index contributed by atoms with van der Waals surface area (Å²) in [5, 5.41) is 6.69. The zero-order valence-corrected chi connectivity index (χ0v) is 14.8. The number of thiophene rings is 1. The molecule has 124 valence electrons. The standard InChI is InChI=1S/C16H20N2O3S2/c1-3-16(19)18-14-4-5-15(12(2)10-14)23(20,21)17-8-6-13-7-9-22-11-13/h4-5,7,9-11,17H,3,6,8H2,1-2H3,(H,18,19). The Labute approximate surface area is 140 Å². The molecule has 1 aromatic heterocycles. The second-order valence-corrected chi connectivity index (χ2v) is 7.68. The van der Waals surface area contributed by atoms with Gasteiger partial charge in [-0.1, -0.05) is 6.92 Å². The molecule has 2 rings (SSSR count). The first-order valence-corrected chi connectivity index (χ1v) is 9.76. The SMILES string of the molecule is CCC(=O)Nc1ccc(S(=O)(=O)NCCc2ccsc2)c(C)c1. The highest BCUT2D eigenvalue weighted by Crippen LogP contribution is 2.20. The van der Waals surface area contributed by atoms with E-state index < -0.39 is 10.0 Å². The number of sulfonamides is 1. The Morgan fingerprint density at radius 3 is 2.65 bits per heavy atom. The van der Waals surface area contributed by atoms with Crippen LogP contribution in [0.1, 0.15) is 24.5 Å². The van der Waals surface area contributed by atoms with Gasteiger partial charge in [-0.15, -0.1) is 0 Å². The molecule has 0 saturated carbocycles. The van der Waals surface area contributed by atoms with E-state index in [1.54, 1.807) is 37.3 Å². The molecule has 0 spiro atoms. The maximum atomic E-state index is 12.4. The van der Waals surface area contributed by atoms with Gasteiger partial charge in [-0.05, 0) is 59.5 Å². The van der Waals surface area contributed by atoms with Crippen LogP contribution in [0, 0.1) is 6.92 Å². The van der Waals surface area contributed by atoms with Crippen molar-refractivity contribution in [2.45, 2.75) is 31.6 Å². The monoisotopic (exact) mass is 352 g/mol. The van der Waals surface area contributed by atoms with Crippen LogP contribution in [-0.4, -0.2) is 20.9 Å². The molecule has 1 heterocycles. The molecule has 7 heteroatoms. The first kappa shape index (κ1) is 17.7. The average Bonchev–Trinajstić information content (AvgIpc) is 3.00. The number of hydrogen-bond donors (Lipinski definition) is 2. The van der Waals surface area contributed by atoms with Crippen molar-refractivity contribution in [3.05, 3.63) is 46.2 Å². The van der Waals surface area contributed by atoms with E-state index >= 15 is 0 Å². The van der Waals surface area contributed by atoms with Gasteiger partial charge in [0.2, 0.25) is 15.9 Å². The summed E-state index contributed by atoms with van der Waals surface area (Å²) in [5.74, 6) is -0.103. The highest BCUT2D eigenvalue weighted by atomic mass is 32.2. The lowest BCUT2D eigenvalue weighted by Crippen LogP contribution is -2.26. The Hall–Kier alpha value is -1.70. The minimum atomic E-state index is -3.55. The zero-order chi connectivity index (χ0) is 16.9. The van der Waals surface area contributed by atoms with E-state index in [4.69, 9.17) is 0 Å². The second kappa shape index (κ2) is 7.72. The molecule has 5 nitrogen and oxygen atoms in total. The molecule has 0 saturated heterocycles. The number of nitrogens with one attached hydrogen (secondary N) is 2. The summed E-state index contributed by atoms with van der Waals surface area (Å²) in [7, 11) is -3.55. The Bertz CT molecular complexity index is 769. The minimum Gasteiger partial charge on any atom is -0.326 e. The van der Waals surface area contributed by atoms with Crippen LogP contribution >= 0.6 is 11.3 Å². The summed E-state index contributed by atoms with van der Waals surface area (Å²) in [6, 6.07) is 6.78. The third kappa shape index (κ3) is 4.89. The molecule has 0 atom stereocenters. The highest BCUT2D eigenvalue weighted by molar-refractivity contribution is 7.89. The van der Waals surface area contributed by atoms with Gasteiger partial charge in [0, 0.05) is 18.7 Å². The first-order chi connectivity index (χ1) is 10.9. The molecule has 0 aliphatic rings. The van der Waals surface area contributed by atoms with Gasteiger partial charge in [0.05, 0.1) is 4.90 Å². The number of carbonyl (C=O) groups is 1. The normalized spacial score (nSPS) is 11.4. The minimum absolute atomic E-state index is 0.103. The van der Waals surface area contributed by atoms with E-state index in [1.807, 2.05) is 16.8 Å². The van der Waals surface area contributed by atoms with Crippen molar-refractivity contribution in [2.75, 3.05) is 11.9 Å². The summed E-state index contributed by atoms with van der Waals surface area (Å²) in [4.78, 5) is 11.6. The van der Waals surface area contributed by atoms with Gasteiger partial charge in [0.15, 0.2) is 0 Å². The van der Waals surface area contributed by atoms with Crippen molar-refractivity contribution in [1.82, 2.24) is 4.72 Å². The molecule has 2 aromatic rings. The molecule has 0 radical (unpaired) electrons. The summed E-state index contributed by atoms with van der Waals surface area (Å²) in [6.45, 7) is 3.83. The van der Waals surface area contributed by atoms with E-state index in [9.17, 15) is 13.2 Å². The number of hydrogen-bond acceptors (Lipinski definition) is 4. The van der Waals surface area contributed by atoms with Gasteiger partial charge in [-0.3, -0.25) is 4.79 Å². The van der Waals surface area contributed by atoms with Crippen molar-refractivity contribution < 1.29 is 13.2 Å². The van der Waals surface area contributed by atoms with Crippen LogP contribution in [0.5, 0.6) is 0 Å². The molecule has 23 heavy (non-hydrogen) atoms. The van der Waals surface area contributed by atoms with Crippen LogP contribution in [0.3, 0.4) is 0 Å². The Morgan fingerprint density at radius 1 is 1.26 bits per heavy atom. The maximum Gasteiger partial charge on any atom is 0.240 e. The van der Waals surface area contributed by atoms with E-state index in [0.717, 1.165) is 5.56 Å². The molecular weight excluding hydrogens is 332 g/mol. The highest BCUT2D eigenvalue weighted by Gasteiger charge is 2.16. The summed E-state index contributed by atoms with van der Waals surface area (Å²) < 4.78 is 27.4. The fourth-order valence-corrected chi connectivity index (χ4v) is 4.08. The molecule has 1 amide bonds.